The van der Waals surface area contributed by atoms with Gasteiger partial charge in [0, 0.05) is 16.8 Å². The van der Waals surface area contributed by atoms with Gasteiger partial charge in [-0.25, -0.2) is 0 Å². The first kappa shape index (κ1) is 13.2. The SMILES string of the molecule is CC(C)C(C)C(C)(C)C1([SiH3])CCCCO1. The standard InChI is InChI=1S/C13H28OSi/c1-10(2)11(3)12(4,5)13(15)8-6-7-9-14-13/h10-11H,6-9H2,1-5,15H3. The summed E-state index contributed by atoms with van der Waals surface area (Å²) < 4.78 is 6.16. The summed E-state index contributed by atoms with van der Waals surface area (Å²) in [7, 11) is 1.16. The number of hydrogen-bond donors (Lipinski definition) is 0. The van der Waals surface area contributed by atoms with Crippen LogP contribution in [0.2, 0.25) is 0 Å². The molecule has 1 rings (SSSR count). The summed E-state index contributed by atoms with van der Waals surface area (Å²) in [5, 5.41) is 0.217. The van der Waals surface area contributed by atoms with Gasteiger partial charge in [-0.1, -0.05) is 34.6 Å². The first-order valence-corrected chi connectivity index (χ1v) is 7.45. The highest BCUT2D eigenvalue weighted by atomic mass is 28.1. The second-order valence-electron chi connectivity index (χ2n) is 6.29. The Morgan fingerprint density at radius 3 is 2.20 bits per heavy atom. The minimum atomic E-state index is 0.217. The van der Waals surface area contributed by atoms with Crippen molar-refractivity contribution < 1.29 is 4.74 Å². The first-order chi connectivity index (χ1) is 6.81. The van der Waals surface area contributed by atoms with Gasteiger partial charge in [0.05, 0.1) is 5.22 Å². The fourth-order valence-corrected chi connectivity index (χ4v) is 3.77. The Kier molecular flexibility index (Phi) is 4.05. The molecule has 0 aromatic heterocycles. The highest BCUT2D eigenvalue weighted by Crippen LogP contribution is 2.46. The van der Waals surface area contributed by atoms with Crippen LogP contribution < -0.4 is 0 Å². The number of rotatable bonds is 3. The van der Waals surface area contributed by atoms with Crippen molar-refractivity contribution in [2.24, 2.45) is 17.3 Å². The Labute approximate surface area is 98.4 Å². The van der Waals surface area contributed by atoms with Gasteiger partial charge in [0.2, 0.25) is 0 Å². The highest BCUT2D eigenvalue weighted by molar-refractivity contribution is 6.15. The highest BCUT2D eigenvalue weighted by Gasteiger charge is 2.46. The topological polar surface area (TPSA) is 9.23 Å². The van der Waals surface area contributed by atoms with Crippen LogP contribution >= 0.6 is 0 Å². The van der Waals surface area contributed by atoms with Crippen molar-refractivity contribution in [3.8, 4) is 0 Å². The van der Waals surface area contributed by atoms with Gasteiger partial charge in [0.1, 0.15) is 0 Å². The van der Waals surface area contributed by atoms with Crippen LogP contribution in [0.15, 0.2) is 0 Å². The third-order valence-electron chi connectivity index (χ3n) is 4.97. The first-order valence-electron chi connectivity index (χ1n) is 6.45. The van der Waals surface area contributed by atoms with Gasteiger partial charge in [-0.2, -0.15) is 0 Å². The van der Waals surface area contributed by atoms with E-state index >= 15 is 0 Å². The molecule has 2 unspecified atom stereocenters. The normalized spacial score (nSPS) is 30.8. The van der Waals surface area contributed by atoms with Crippen molar-refractivity contribution in [3.05, 3.63) is 0 Å². The van der Waals surface area contributed by atoms with E-state index in [0.717, 1.165) is 28.7 Å². The van der Waals surface area contributed by atoms with Crippen molar-refractivity contribution in [2.45, 2.75) is 59.1 Å². The molecule has 1 heterocycles. The van der Waals surface area contributed by atoms with E-state index in [9.17, 15) is 0 Å². The van der Waals surface area contributed by atoms with Crippen LogP contribution in [-0.2, 0) is 4.74 Å². The summed E-state index contributed by atoms with van der Waals surface area (Å²) >= 11 is 0. The molecular formula is C13H28OSi. The average Bonchev–Trinajstić information content (AvgIpc) is 2.17. The average molecular weight is 228 g/mol. The molecule has 90 valence electrons. The summed E-state index contributed by atoms with van der Waals surface area (Å²) in [6.45, 7) is 12.9. The lowest BCUT2D eigenvalue weighted by molar-refractivity contribution is -0.115. The van der Waals surface area contributed by atoms with E-state index < -0.39 is 0 Å². The zero-order chi connectivity index (χ0) is 11.7. The third-order valence-corrected chi connectivity index (χ3v) is 7.05. The van der Waals surface area contributed by atoms with Crippen LogP contribution in [0.4, 0.5) is 0 Å². The van der Waals surface area contributed by atoms with Gasteiger partial charge in [-0.3, -0.25) is 0 Å². The quantitative estimate of drug-likeness (QED) is 0.675. The van der Waals surface area contributed by atoms with Gasteiger partial charge in [-0.15, -0.1) is 0 Å². The maximum Gasteiger partial charge on any atom is 0.0537 e. The smallest absolute Gasteiger partial charge is 0.0537 e. The van der Waals surface area contributed by atoms with Crippen molar-refractivity contribution >= 4 is 10.2 Å². The molecule has 0 aromatic rings. The van der Waals surface area contributed by atoms with Crippen LogP contribution in [0.1, 0.15) is 53.9 Å². The molecule has 0 aliphatic carbocycles. The lowest BCUT2D eigenvalue weighted by Gasteiger charge is -2.51. The number of ether oxygens (including phenoxy) is 1. The van der Waals surface area contributed by atoms with E-state index in [-0.39, 0.29) is 5.22 Å². The van der Waals surface area contributed by atoms with E-state index in [0.29, 0.717) is 5.41 Å². The molecule has 1 aliphatic heterocycles. The Morgan fingerprint density at radius 1 is 1.20 bits per heavy atom. The minimum Gasteiger partial charge on any atom is -0.379 e. The fourth-order valence-electron chi connectivity index (χ4n) is 2.76. The monoisotopic (exact) mass is 228 g/mol. The second kappa shape index (κ2) is 4.58. The van der Waals surface area contributed by atoms with Crippen LogP contribution in [0.3, 0.4) is 0 Å². The van der Waals surface area contributed by atoms with Crippen LogP contribution in [-0.4, -0.2) is 22.1 Å². The fraction of sp³-hybridized carbons (Fsp3) is 1.00. The van der Waals surface area contributed by atoms with Gasteiger partial charge in [0.15, 0.2) is 0 Å². The summed E-state index contributed by atoms with van der Waals surface area (Å²) in [5.74, 6) is 1.48. The third kappa shape index (κ3) is 2.47. The molecule has 2 heteroatoms. The molecule has 0 aromatic carbocycles. The molecular weight excluding hydrogens is 200 g/mol. The van der Waals surface area contributed by atoms with Crippen molar-refractivity contribution in [1.82, 2.24) is 0 Å². The molecule has 1 fully saturated rings. The van der Waals surface area contributed by atoms with Gasteiger partial charge in [-0.05, 0) is 36.5 Å². The van der Waals surface area contributed by atoms with E-state index in [1.165, 1.54) is 19.3 Å². The molecule has 1 saturated heterocycles. The van der Waals surface area contributed by atoms with Crippen LogP contribution in [0.5, 0.6) is 0 Å². The Morgan fingerprint density at radius 2 is 1.80 bits per heavy atom. The maximum absolute atomic E-state index is 6.16. The molecule has 0 radical (unpaired) electrons. The van der Waals surface area contributed by atoms with Crippen LogP contribution in [0.25, 0.3) is 0 Å². The van der Waals surface area contributed by atoms with Gasteiger partial charge in [0.25, 0.3) is 0 Å². The molecule has 1 aliphatic rings. The van der Waals surface area contributed by atoms with Crippen molar-refractivity contribution in [2.75, 3.05) is 6.61 Å². The zero-order valence-corrected chi connectivity index (χ0v) is 13.4. The Bertz CT molecular complexity index is 205. The molecule has 15 heavy (non-hydrogen) atoms. The van der Waals surface area contributed by atoms with Crippen molar-refractivity contribution in [1.29, 1.82) is 0 Å². The minimum absolute atomic E-state index is 0.217. The molecule has 2 atom stereocenters. The molecule has 0 bridgehead atoms. The maximum atomic E-state index is 6.16. The zero-order valence-electron chi connectivity index (χ0n) is 11.4. The second-order valence-corrected chi connectivity index (χ2v) is 7.91. The van der Waals surface area contributed by atoms with Gasteiger partial charge < -0.3 is 4.74 Å². The van der Waals surface area contributed by atoms with E-state index in [2.05, 4.69) is 34.6 Å². The van der Waals surface area contributed by atoms with Crippen LogP contribution in [0, 0.1) is 17.3 Å². The van der Waals surface area contributed by atoms with E-state index in [1.54, 1.807) is 0 Å². The molecule has 0 N–H and O–H groups in total. The van der Waals surface area contributed by atoms with E-state index in [1.807, 2.05) is 0 Å². The summed E-state index contributed by atoms with van der Waals surface area (Å²) in [6.07, 6.45) is 3.90. The largest absolute Gasteiger partial charge is 0.379 e. The molecule has 1 nitrogen and oxygen atoms in total. The summed E-state index contributed by atoms with van der Waals surface area (Å²) in [5.41, 5.74) is 0.327. The molecule has 0 amide bonds. The lowest BCUT2D eigenvalue weighted by atomic mass is 9.68. The predicted molar refractivity (Wildman–Crippen MR) is 70.3 cm³/mol. The number of hydrogen-bond acceptors (Lipinski definition) is 1. The predicted octanol–water partition coefficient (Wildman–Crippen LogP) is 2.57. The van der Waals surface area contributed by atoms with Gasteiger partial charge >= 0.3 is 0 Å². The van der Waals surface area contributed by atoms with Crippen molar-refractivity contribution in [3.63, 3.8) is 0 Å². The van der Waals surface area contributed by atoms with E-state index in [4.69, 9.17) is 4.74 Å². The summed E-state index contributed by atoms with van der Waals surface area (Å²) in [6, 6.07) is 0. The summed E-state index contributed by atoms with van der Waals surface area (Å²) in [4.78, 5) is 0. The lowest BCUT2D eigenvalue weighted by Crippen LogP contribution is -2.53. The molecule has 0 spiro atoms. The Hall–Kier alpha value is 0.177. The Balaban J connectivity index is 2.82. The molecule has 0 saturated carbocycles.